The molecule has 5 heteroatoms. The van der Waals surface area contributed by atoms with Crippen LogP contribution >= 0.6 is 11.6 Å². The lowest BCUT2D eigenvalue weighted by atomic mass is 10.2. The molecule has 0 spiro atoms. The summed E-state index contributed by atoms with van der Waals surface area (Å²) in [5, 5.41) is 9.49. The van der Waals surface area contributed by atoms with Crippen LogP contribution < -0.4 is 5.43 Å². The molecule has 2 rings (SSSR count). The molecule has 1 aromatic carbocycles. The molecule has 0 radical (unpaired) electrons. The first-order valence-corrected chi connectivity index (χ1v) is 5.59. The zero-order chi connectivity index (χ0) is 13.3. The molecule has 0 fully saturated rings. The summed E-state index contributed by atoms with van der Waals surface area (Å²) in [4.78, 5) is 22.5. The number of aryl methyl sites for hydroxylation is 1. The van der Waals surface area contributed by atoms with E-state index in [-0.39, 0.29) is 5.56 Å². The SMILES string of the molecule is Cc1cc(=O)c(C(=O)O)cn1-c1cccc(Cl)c1. The Hall–Kier alpha value is -2.07. The van der Waals surface area contributed by atoms with E-state index in [4.69, 9.17) is 16.7 Å². The minimum absolute atomic E-state index is 0.263. The van der Waals surface area contributed by atoms with E-state index in [0.717, 1.165) is 0 Å². The monoisotopic (exact) mass is 263 g/mol. The first-order valence-electron chi connectivity index (χ1n) is 5.21. The highest BCUT2D eigenvalue weighted by Crippen LogP contribution is 2.16. The van der Waals surface area contributed by atoms with E-state index in [1.54, 1.807) is 35.8 Å². The highest BCUT2D eigenvalue weighted by Gasteiger charge is 2.11. The van der Waals surface area contributed by atoms with Gasteiger partial charge in [-0.1, -0.05) is 17.7 Å². The number of aromatic nitrogens is 1. The molecule has 92 valence electrons. The average molecular weight is 264 g/mol. The second kappa shape index (κ2) is 4.66. The third-order valence-electron chi connectivity index (χ3n) is 2.56. The number of hydrogen-bond acceptors (Lipinski definition) is 2. The van der Waals surface area contributed by atoms with Crippen molar-refractivity contribution in [2.75, 3.05) is 0 Å². The lowest BCUT2D eigenvalue weighted by Crippen LogP contribution is -2.18. The standard InChI is InChI=1S/C13H10ClNO3/c1-8-5-12(16)11(13(17)18)7-15(8)10-4-2-3-9(14)6-10/h2-7H,1H3,(H,17,18). The maximum Gasteiger partial charge on any atom is 0.341 e. The lowest BCUT2D eigenvalue weighted by Gasteiger charge is -2.11. The molecule has 0 amide bonds. The molecule has 1 heterocycles. The normalized spacial score (nSPS) is 10.3. The van der Waals surface area contributed by atoms with Crippen molar-refractivity contribution in [1.29, 1.82) is 0 Å². The largest absolute Gasteiger partial charge is 0.477 e. The van der Waals surface area contributed by atoms with Crippen LogP contribution in [0.3, 0.4) is 0 Å². The highest BCUT2D eigenvalue weighted by molar-refractivity contribution is 6.30. The second-order valence-corrected chi connectivity index (χ2v) is 4.28. The van der Waals surface area contributed by atoms with Crippen LogP contribution in [-0.4, -0.2) is 15.6 Å². The maximum absolute atomic E-state index is 11.5. The van der Waals surface area contributed by atoms with E-state index in [2.05, 4.69) is 0 Å². The van der Waals surface area contributed by atoms with Gasteiger partial charge in [-0.05, 0) is 25.1 Å². The summed E-state index contributed by atoms with van der Waals surface area (Å²) in [7, 11) is 0. The van der Waals surface area contributed by atoms with Crippen LogP contribution in [0.2, 0.25) is 5.02 Å². The molecule has 0 atom stereocenters. The molecular formula is C13H10ClNO3. The molecule has 0 saturated carbocycles. The van der Waals surface area contributed by atoms with Crippen LogP contribution in [0.4, 0.5) is 0 Å². The van der Waals surface area contributed by atoms with Crippen LogP contribution in [0.1, 0.15) is 16.1 Å². The summed E-state index contributed by atoms with van der Waals surface area (Å²) in [6.07, 6.45) is 1.31. The van der Waals surface area contributed by atoms with Gasteiger partial charge in [0.25, 0.3) is 0 Å². The Bertz CT molecular complexity index is 676. The summed E-state index contributed by atoms with van der Waals surface area (Å²) < 4.78 is 1.62. The van der Waals surface area contributed by atoms with Crippen molar-refractivity contribution in [2.45, 2.75) is 6.92 Å². The van der Waals surface area contributed by atoms with Gasteiger partial charge in [-0.3, -0.25) is 4.79 Å². The Morgan fingerprint density at radius 2 is 2.06 bits per heavy atom. The van der Waals surface area contributed by atoms with E-state index < -0.39 is 11.4 Å². The number of aromatic carboxylic acids is 1. The predicted octanol–water partition coefficient (Wildman–Crippen LogP) is 2.50. The number of benzene rings is 1. The van der Waals surface area contributed by atoms with Gasteiger partial charge in [0, 0.05) is 28.7 Å². The van der Waals surface area contributed by atoms with Gasteiger partial charge in [0.1, 0.15) is 5.56 Å². The van der Waals surface area contributed by atoms with E-state index >= 15 is 0 Å². The van der Waals surface area contributed by atoms with Gasteiger partial charge in [0.05, 0.1) is 0 Å². The minimum atomic E-state index is -1.24. The third kappa shape index (κ3) is 2.28. The zero-order valence-corrected chi connectivity index (χ0v) is 10.3. The summed E-state index contributed by atoms with van der Waals surface area (Å²) in [5.74, 6) is -1.24. The van der Waals surface area contributed by atoms with Crippen LogP contribution in [0.5, 0.6) is 0 Å². The van der Waals surface area contributed by atoms with Gasteiger partial charge >= 0.3 is 5.97 Å². The van der Waals surface area contributed by atoms with Crippen molar-refractivity contribution in [2.24, 2.45) is 0 Å². The molecular weight excluding hydrogens is 254 g/mol. The van der Waals surface area contributed by atoms with E-state index in [9.17, 15) is 9.59 Å². The summed E-state index contributed by atoms with van der Waals surface area (Å²) in [5.41, 5.74) is 0.591. The van der Waals surface area contributed by atoms with Crippen molar-refractivity contribution in [3.8, 4) is 5.69 Å². The smallest absolute Gasteiger partial charge is 0.341 e. The van der Waals surface area contributed by atoms with Gasteiger partial charge in [0.15, 0.2) is 5.43 Å². The third-order valence-corrected chi connectivity index (χ3v) is 2.80. The van der Waals surface area contributed by atoms with E-state index in [0.29, 0.717) is 16.4 Å². The summed E-state index contributed by atoms with van der Waals surface area (Å²) in [6.45, 7) is 1.73. The van der Waals surface area contributed by atoms with Crippen LogP contribution in [0, 0.1) is 6.92 Å². The average Bonchev–Trinajstić information content (AvgIpc) is 2.28. The van der Waals surface area contributed by atoms with Crippen molar-refractivity contribution in [3.63, 3.8) is 0 Å². The highest BCUT2D eigenvalue weighted by atomic mass is 35.5. The lowest BCUT2D eigenvalue weighted by molar-refractivity contribution is 0.0695. The fraction of sp³-hybridized carbons (Fsp3) is 0.0769. The molecule has 4 nitrogen and oxygen atoms in total. The Labute approximate surface area is 108 Å². The molecule has 0 aliphatic rings. The molecule has 1 N–H and O–H groups in total. The zero-order valence-electron chi connectivity index (χ0n) is 9.55. The first-order chi connectivity index (χ1) is 8.49. The van der Waals surface area contributed by atoms with Crippen molar-refractivity contribution in [1.82, 2.24) is 4.57 Å². The summed E-state index contributed by atoms with van der Waals surface area (Å²) in [6, 6.07) is 8.26. The van der Waals surface area contributed by atoms with Gasteiger partial charge < -0.3 is 9.67 Å². The quantitative estimate of drug-likeness (QED) is 0.906. The minimum Gasteiger partial charge on any atom is -0.477 e. The van der Waals surface area contributed by atoms with Gasteiger partial charge in [-0.15, -0.1) is 0 Å². The van der Waals surface area contributed by atoms with Gasteiger partial charge in [-0.25, -0.2) is 4.79 Å². The molecule has 0 unspecified atom stereocenters. The number of hydrogen-bond donors (Lipinski definition) is 1. The predicted molar refractivity (Wildman–Crippen MR) is 68.7 cm³/mol. The van der Waals surface area contributed by atoms with Gasteiger partial charge in [-0.2, -0.15) is 0 Å². The molecule has 0 saturated heterocycles. The van der Waals surface area contributed by atoms with E-state index in [1.165, 1.54) is 12.3 Å². The van der Waals surface area contributed by atoms with Crippen LogP contribution in [0.25, 0.3) is 5.69 Å². The van der Waals surface area contributed by atoms with Crippen molar-refractivity contribution < 1.29 is 9.90 Å². The first kappa shape index (κ1) is 12.4. The maximum atomic E-state index is 11.5. The Balaban J connectivity index is 2.68. The van der Waals surface area contributed by atoms with Gasteiger partial charge in [0.2, 0.25) is 0 Å². The van der Waals surface area contributed by atoms with E-state index in [1.807, 2.05) is 0 Å². The number of carboxylic acid groups (broad SMARTS) is 1. The number of carbonyl (C=O) groups is 1. The molecule has 18 heavy (non-hydrogen) atoms. The molecule has 0 aliphatic carbocycles. The Kier molecular flexibility index (Phi) is 3.21. The summed E-state index contributed by atoms with van der Waals surface area (Å²) >= 11 is 5.89. The Morgan fingerprint density at radius 3 is 2.67 bits per heavy atom. The number of pyridine rings is 1. The molecule has 0 aliphatic heterocycles. The number of rotatable bonds is 2. The molecule has 0 bridgehead atoms. The van der Waals surface area contributed by atoms with Crippen LogP contribution in [-0.2, 0) is 0 Å². The van der Waals surface area contributed by atoms with Crippen molar-refractivity contribution in [3.05, 3.63) is 63.0 Å². The topological polar surface area (TPSA) is 59.3 Å². The number of carboxylic acids is 1. The second-order valence-electron chi connectivity index (χ2n) is 3.85. The number of halogens is 1. The molecule has 2 aromatic rings. The fourth-order valence-electron chi connectivity index (χ4n) is 1.70. The Morgan fingerprint density at radius 1 is 1.33 bits per heavy atom. The number of nitrogens with zero attached hydrogens (tertiary/aromatic N) is 1. The van der Waals surface area contributed by atoms with Crippen molar-refractivity contribution >= 4 is 17.6 Å². The fourth-order valence-corrected chi connectivity index (χ4v) is 1.88. The molecule has 1 aromatic heterocycles. The van der Waals surface area contributed by atoms with Crippen LogP contribution in [0.15, 0.2) is 41.3 Å².